The quantitative estimate of drug-likeness (QED) is 0.178. The number of aliphatic hydroxyl groups is 2. The number of rotatable bonds is 11. The molecule has 0 saturated carbocycles. The van der Waals surface area contributed by atoms with Crippen LogP contribution in [-0.4, -0.2) is 81.0 Å². The average Bonchev–Trinajstić information content (AvgIpc) is 2.70. The van der Waals surface area contributed by atoms with E-state index in [0.717, 1.165) is 0 Å². The Balaban J connectivity index is 2.71. The van der Waals surface area contributed by atoms with E-state index in [9.17, 15) is 29.4 Å². The summed E-state index contributed by atoms with van der Waals surface area (Å²) in [6.07, 6.45) is -1.22. The van der Waals surface area contributed by atoms with Gasteiger partial charge in [-0.1, -0.05) is 12.1 Å². The molecule has 0 aliphatic carbocycles. The van der Waals surface area contributed by atoms with Crippen LogP contribution in [0.1, 0.15) is 19.4 Å². The molecule has 0 spiro atoms. The van der Waals surface area contributed by atoms with Crippen molar-refractivity contribution in [1.82, 2.24) is 16.0 Å². The van der Waals surface area contributed by atoms with Crippen molar-refractivity contribution in [2.24, 2.45) is 5.73 Å². The molecular formula is C19H28N4O8. The fourth-order valence-corrected chi connectivity index (χ4v) is 2.50. The van der Waals surface area contributed by atoms with Gasteiger partial charge in [-0.15, -0.1) is 0 Å². The summed E-state index contributed by atoms with van der Waals surface area (Å²) >= 11 is 0. The Kier molecular flexibility index (Phi) is 9.86. The molecule has 0 aromatic heterocycles. The van der Waals surface area contributed by atoms with Crippen LogP contribution in [0.3, 0.4) is 0 Å². The summed E-state index contributed by atoms with van der Waals surface area (Å²) in [4.78, 5) is 47.7. The number of carboxylic acid groups (broad SMARTS) is 1. The third-order valence-electron chi connectivity index (χ3n) is 4.34. The molecule has 1 rings (SSSR count). The topological polar surface area (TPSA) is 211 Å². The first-order valence-electron chi connectivity index (χ1n) is 9.42. The number of phenols is 1. The first kappa shape index (κ1) is 25.8. The Hall–Kier alpha value is -3.22. The van der Waals surface area contributed by atoms with Crippen molar-refractivity contribution in [3.05, 3.63) is 29.8 Å². The van der Waals surface area contributed by atoms with Crippen LogP contribution in [0.2, 0.25) is 0 Å². The molecule has 0 bridgehead atoms. The lowest BCUT2D eigenvalue weighted by atomic mass is 10.0. The number of nitrogens with two attached hydrogens (primary N) is 1. The van der Waals surface area contributed by atoms with Crippen LogP contribution in [0.5, 0.6) is 5.75 Å². The maximum Gasteiger partial charge on any atom is 0.328 e. The molecule has 1 aromatic rings. The van der Waals surface area contributed by atoms with Gasteiger partial charge < -0.3 is 42.1 Å². The second kappa shape index (κ2) is 11.8. The zero-order valence-electron chi connectivity index (χ0n) is 17.1. The van der Waals surface area contributed by atoms with Gasteiger partial charge in [-0.2, -0.15) is 0 Å². The lowest BCUT2D eigenvalue weighted by Crippen LogP contribution is -2.59. The number of phenolic OH excluding ortho intramolecular Hbond substituents is 1. The van der Waals surface area contributed by atoms with Gasteiger partial charge in [0.2, 0.25) is 17.7 Å². The van der Waals surface area contributed by atoms with Crippen LogP contribution in [0.15, 0.2) is 24.3 Å². The second-order valence-corrected chi connectivity index (χ2v) is 7.02. The van der Waals surface area contributed by atoms with E-state index in [0.29, 0.717) is 5.56 Å². The highest BCUT2D eigenvalue weighted by Crippen LogP contribution is 2.11. The minimum Gasteiger partial charge on any atom is -0.508 e. The highest BCUT2D eigenvalue weighted by molar-refractivity contribution is 5.94. The molecule has 1 aromatic carbocycles. The van der Waals surface area contributed by atoms with E-state index in [1.54, 1.807) is 12.1 Å². The summed E-state index contributed by atoms with van der Waals surface area (Å²) in [5.41, 5.74) is 6.52. The molecule has 0 aliphatic rings. The Bertz CT molecular complexity index is 784. The number of aromatic hydroxyl groups is 1. The fourth-order valence-electron chi connectivity index (χ4n) is 2.50. The zero-order valence-corrected chi connectivity index (χ0v) is 17.1. The van der Waals surface area contributed by atoms with Crippen molar-refractivity contribution < 1.29 is 39.6 Å². The molecule has 0 heterocycles. The monoisotopic (exact) mass is 440 g/mol. The molecule has 9 N–H and O–H groups in total. The zero-order chi connectivity index (χ0) is 23.7. The third-order valence-corrected chi connectivity index (χ3v) is 4.34. The summed E-state index contributed by atoms with van der Waals surface area (Å²) in [7, 11) is 0. The summed E-state index contributed by atoms with van der Waals surface area (Å²) in [5.74, 6) is -3.89. The van der Waals surface area contributed by atoms with Gasteiger partial charge in [0.1, 0.15) is 23.9 Å². The molecule has 3 amide bonds. The Morgan fingerprint density at radius 3 is 2.03 bits per heavy atom. The predicted molar refractivity (Wildman–Crippen MR) is 108 cm³/mol. The number of carbonyl (C=O) groups is 4. The second-order valence-electron chi connectivity index (χ2n) is 7.02. The van der Waals surface area contributed by atoms with Crippen molar-refractivity contribution in [2.45, 2.75) is 50.5 Å². The predicted octanol–water partition coefficient (Wildman–Crippen LogP) is -2.81. The maximum absolute atomic E-state index is 12.4. The normalized spacial score (nSPS) is 15.6. The molecule has 31 heavy (non-hydrogen) atoms. The summed E-state index contributed by atoms with van der Waals surface area (Å²) < 4.78 is 0. The van der Waals surface area contributed by atoms with Crippen molar-refractivity contribution in [1.29, 1.82) is 0 Å². The lowest BCUT2D eigenvalue weighted by Gasteiger charge is -2.25. The van der Waals surface area contributed by atoms with Crippen molar-refractivity contribution in [3.8, 4) is 5.75 Å². The van der Waals surface area contributed by atoms with Gasteiger partial charge in [-0.3, -0.25) is 14.4 Å². The molecular weight excluding hydrogens is 412 g/mol. The van der Waals surface area contributed by atoms with E-state index in [4.69, 9.17) is 15.9 Å². The summed E-state index contributed by atoms with van der Waals surface area (Å²) in [6, 6.07) is 0.786. The number of carbonyl (C=O) groups excluding carboxylic acids is 3. The van der Waals surface area contributed by atoms with E-state index >= 15 is 0 Å². The molecule has 0 radical (unpaired) electrons. The number of aliphatic carboxylic acids is 1. The summed E-state index contributed by atoms with van der Waals surface area (Å²) in [5, 5.41) is 43.6. The SMILES string of the molecule is CC(NC(=O)C(NC(=O)C(N)Cc1ccc(O)cc1)C(C)O)C(=O)NC(CO)C(=O)O. The van der Waals surface area contributed by atoms with E-state index in [2.05, 4.69) is 10.6 Å². The van der Waals surface area contributed by atoms with E-state index in [1.807, 2.05) is 5.32 Å². The lowest BCUT2D eigenvalue weighted by molar-refractivity contribution is -0.143. The third kappa shape index (κ3) is 8.20. The minimum absolute atomic E-state index is 0.0550. The number of aliphatic hydroxyl groups excluding tert-OH is 2. The Morgan fingerprint density at radius 2 is 1.55 bits per heavy atom. The minimum atomic E-state index is -1.54. The highest BCUT2D eigenvalue weighted by Gasteiger charge is 2.30. The largest absolute Gasteiger partial charge is 0.508 e. The first-order chi connectivity index (χ1) is 14.5. The van der Waals surface area contributed by atoms with Gasteiger partial charge in [0.15, 0.2) is 0 Å². The van der Waals surface area contributed by atoms with Crippen LogP contribution < -0.4 is 21.7 Å². The first-order valence-corrected chi connectivity index (χ1v) is 9.42. The van der Waals surface area contributed by atoms with Gasteiger partial charge in [0, 0.05) is 0 Å². The number of amides is 3. The number of carboxylic acids is 1. The van der Waals surface area contributed by atoms with Crippen molar-refractivity contribution >= 4 is 23.7 Å². The smallest absolute Gasteiger partial charge is 0.328 e. The number of hydrogen-bond acceptors (Lipinski definition) is 8. The maximum atomic E-state index is 12.4. The fraction of sp³-hybridized carbons (Fsp3) is 0.474. The van der Waals surface area contributed by atoms with Crippen LogP contribution in [-0.2, 0) is 25.6 Å². The van der Waals surface area contributed by atoms with Gasteiger partial charge in [0.05, 0.1) is 18.8 Å². The van der Waals surface area contributed by atoms with E-state index in [-0.39, 0.29) is 12.2 Å². The van der Waals surface area contributed by atoms with E-state index < -0.39 is 60.6 Å². The molecule has 12 heteroatoms. The van der Waals surface area contributed by atoms with Gasteiger partial charge >= 0.3 is 5.97 Å². The molecule has 172 valence electrons. The number of benzene rings is 1. The molecule has 0 fully saturated rings. The Morgan fingerprint density at radius 1 is 0.968 bits per heavy atom. The van der Waals surface area contributed by atoms with Crippen molar-refractivity contribution in [3.63, 3.8) is 0 Å². The molecule has 5 unspecified atom stereocenters. The molecule has 12 nitrogen and oxygen atoms in total. The van der Waals surface area contributed by atoms with Crippen LogP contribution in [0, 0.1) is 0 Å². The van der Waals surface area contributed by atoms with Crippen LogP contribution >= 0.6 is 0 Å². The number of hydrogen-bond donors (Lipinski definition) is 8. The van der Waals surface area contributed by atoms with Crippen LogP contribution in [0.25, 0.3) is 0 Å². The van der Waals surface area contributed by atoms with Gasteiger partial charge in [0.25, 0.3) is 0 Å². The van der Waals surface area contributed by atoms with Gasteiger partial charge in [-0.25, -0.2) is 4.79 Å². The Labute approximate surface area is 178 Å². The average molecular weight is 440 g/mol. The van der Waals surface area contributed by atoms with Crippen LogP contribution in [0.4, 0.5) is 0 Å². The molecule has 5 atom stereocenters. The summed E-state index contributed by atoms with van der Waals surface area (Å²) in [6.45, 7) is 1.68. The number of nitrogens with one attached hydrogen (secondary N) is 3. The molecule has 0 aliphatic heterocycles. The van der Waals surface area contributed by atoms with Crippen molar-refractivity contribution in [2.75, 3.05) is 6.61 Å². The molecule has 0 saturated heterocycles. The highest BCUT2D eigenvalue weighted by atomic mass is 16.4. The van der Waals surface area contributed by atoms with E-state index in [1.165, 1.54) is 26.0 Å². The van der Waals surface area contributed by atoms with Gasteiger partial charge in [-0.05, 0) is 38.0 Å². The standard InChI is InChI=1S/C19H28N4O8/c1-9(16(27)22-14(8-24)19(30)31)21-18(29)15(10(2)25)23-17(28)13(20)7-11-3-5-12(26)6-4-11/h3-6,9-10,13-15,24-26H,7-8,20H2,1-2H3,(H,21,29)(H,22,27)(H,23,28)(H,30,31).